The van der Waals surface area contributed by atoms with E-state index in [-0.39, 0.29) is 12.1 Å². The van der Waals surface area contributed by atoms with Crippen LogP contribution in [0.5, 0.6) is 0 Å². The summed E-state index contributed by atoms with van der Waals surface area (Å²) in [7, 11) is 0. The summed E-state index contributed by atoms with van der Waals surface area (Å²) >= 11 is 1.46. The second-order valence-electron chi connectivity index (χ2n) is 8.34. The van der Waals surface area contributed by atoms with Crippen molar-refractivity contribution in [1.82, 2.24) is 19.4 Å². The third-order valence-corrected chi connectivity index (χ3v) is 7.30. The number of rotatable bonds is 4. The zero-order chi connectivity index (χ0) is 22.9. The summed E-state index contributed by atoms with van der Waals surface area (Å²) in [5.41, 5.74) is 4.69. The predicted octanol–water partition coefficient (Wildman–Crippen LogP) is 4.88. The molecular formula is C25H22N6OS. The van der Waals surface area contributed by atoms with E-state index in [2.05, 4.69) is 29.5 Å². The first kappa shape index (κ1) is 21.3. The number of aliphatic hydroxyl groups is 1. The van der Waals surface area contributed by atoms with Gasteiger partial charge in [0.2, 0.25) is 0 Å². The van der Waals surface area contributed by atoms with Crippen LogP contribution in [0.4, 0.5) is 0 Å². The number of fused-ring (bicyclic) bond motifs is 1. The van der Waals surface area contributed by atoms with Crippen LogP contribution in [0.1, 0.15) is 48.5 Å². The van der Waals surface area contributed by atoms with Crippen LogP contribution >= 0.6 is 11.8 Å². The van der Waals surface area contributed by atoms with Crippen LogP contribution in [0.25, 0.3) is 16.6 Å². The minimum atomic E-state index is -0.204. The molecule has 1 aromatic carbocycles. The summed E-state index contributed by atoms with van der Waals surface area (Å²) in [5.74, 6) is 0. The maximum atomic E-state index is 9.84. The molecule has 3 heterocycles. The molecule has 4 aromatic rings. The van der Waals surface area contributed by atoms with Gasteiger partial charge in [-0.15, -0.1) is 0 Å². The van der Waals surface area contributed by atoms with Crippen molar-refractivity contribution in [3.8, 4) is 23.3 Å². The number of pyridine rings is 1. The van der Waals surface area contributed by atoms with Gasteiger partial charge in [0.15, 0.2) is 0 Å². The molecule has 7 nitrogen and oxygen atoms in total. The average molecular weight is 455 g/mol. The lowest BCUT2D eigenvalue weighted by molar-refractivity contribution is 0.108. The third kappa shape index (κ3) is 4.00. The lowest BCUT2D eigenvalue weighted by Gasteiger charge is -2.25. The zero-order valence-corrected chi connectivity index (χ0v) is 19.0. The Morgan fingerprint density at radius 1 is 1.03 bits per heavy atom. The van der Waals surface area contributed by atoms with Crippen molar-refractivity contribution in [2.45, 2.75) is 54.5 Å². The van der Waals surface area contributed by atoms with Gasteiger partial charge in [0.25, 0.3) is 0 Å². The highest BCUT2D eigenvalue weighted by Gasteiger charge is 2.23. The minimum Gasteiger partial charge on any atom is -0.393 e. The maximum absolute atomic E-state index is 9.84. The third-order valence-electron chi connectivity index (χ3n) is 6.19. The molecule has 0 aliphatic heterocycles. The van der Waals surface area contributed by atoms with Gasteiger partial charge in [-0.05, 0) is 50.8 Å². The summed E-state index contributed by atoms with van der Waals surface area (Å²) in [4.78, 5) is 1.69. The van der Waals surface area contributed by atoms with Crippen molar-refractivity contribution in [3.63, 3.8) is 0 Å². The van der Waals surface area contributed by atoms with Crippen LogP contribution in [0.2, 0.25) is 0 Å². The second-order valence-corrected chi connectivity index (χ2v) is 9.42. The first-order valence-electron chi connectivity index (χ1n) is 10.9. The van der Waals surface area contributed by atoms with E-state index in [9.17, 15) is 15.6 Å². The Labute approximate surface area is 195 Å². The predicted molar refractivity (Wildman–Crippen MR) is 125 cm³/mol. The van der Waals surface area contributed by atoms with Crippen LogP contribution in [-0.4, -0.2) is 30.6 Å². The van der Waals surface area contributed by atoms with Crippen molar-refractivity contribution in [3.05, 3.63) is 65.7 Å². The lowest BCUT2D eigenvalue weighted by atomic mass is 9.93. The molecule has 1 N–H and O–H groups in total. The molecule has 0 unspecified atom stereocenters. The standard InChI is InChI=1S/C25H22N6OS/c1-16-22(15-30(29-16)20-6-8-21(32)9-7-20)18-10-24(25-19(12-27)13-28-31(25)14-18)33-23-5-3-2-4-17(23)11-26/h2-5,10,13-15,20-21,32H,6-9H2,1H3/t20-,21-. The van der Waals surface area contributed by atoms with Crippen molar-refractivity contribution in [1.29, 1.82) is 10.5 Å². The molecule has 3 aromatic heterocycles. The summed E-state index contributed by atoms with van der Waals surface area (Å²) in [5, 5.41) is 38.2. The Morgan fingerprint density at radius 2 is 1.79 bits per heavy atom. The Kier molecular flexibility index (Phi) is 5.63. The number of aliphatic hydroxyl groups excluding tert-OH is 1. The summed E-state index contributed by atoms with van der Waals surface area (Å²) < 4.78 is 3.77. The Balaban J connectivity index is 1.59. The van der Waals surface area contributed by atoms with Crippen molar-refractivity contribution in [2.24, 2.45) is 0 Å². The first-order chi connectivity index (χ1) is 16.1. The number of hydrogen-bond acceptors (Lipinski definition) is 6. The van der Waals surface area contributed by atoms with Gasteiger partial charge in [0.05, 0.1) is 40.7 Å². The minimum absolute atomic E-state index is 0.204. The average Bonchev–Trinajstić information content (AvgIpc) is 3.43. The fourth-order valence-electron chi connectivity index (χ4n) is 4.43. The largest absolute Gasteiger partial charge is 0.393 e. The fraction of sp³-hybridized carbons (Fsp3) is 0.280. The van der Waals surface area contributed by atoms with Gasteiger partial charge in [0, 0.05) is 33.3 Å². The van der Waals surface area contributed by atoms with Gasteiger partial charge in [-0.2, -0.15) is 20.7 Å². The number of nitrogens with zero attached hydrogens (tertiary/aromatic N) is 6. The molecule has 0 bridgehead atoms. The summed E-state index contributed by atoms with van der Waals surface area (Å²) in [6, 6.07) is 14.3. The Hall–Kier alpha value is -3.59. The molecule has 1 aliphatic carbocycles. The quantitative estimate of drug-likeness (QED) is 0.472. The van der Waals surface area contributed by atoms with E-state index in [0.29, 0.717) is 11.1 Å². The number of nitriles is 2. The molecule has 33 heavy (non-hydrogen) atoms. The van der Waals surface area contributed by atoms with Crippen LogP contribution < -0.4 is 0 Å². The molecule has 1 saturated carbocycles. The van der Waals surface area contributed by atoms with Crippen LogP contribution in [0, 0.1) is 29.6 Å². The molecule has 164 valence electrons. The molecule has 1 fully saturated rings. The molecular weight excluding hydrogens is 432 g/mol. The molecule has 8 heteroatoms. The number of aryl methyl sites for hydroxylation is 1. The van der Waals surface area contributed by atoms with Crippen LogP contribution in [0.15, 0.2) is 58.7 Å². The Morgan fingerprint density at radius 3 is 2.55 bits per heavy atom. The van der Waals surface area contributed by atoms with E-state index in [1.807, 2.05) is 36.0 Å². The van der Waals surface area contributed by atoms with Crippen molar-refractivity contribution in [2.75, 3.05) is 0 Å². The van der Waals surface area contributed by atoms with Crippen molar-refractivity contribution < 1.29 is 5.11 Å². The zero-order valence-electron chi connectivity index (χ0n) is 18.1. The van der Waals surface area contributed by atoms with E-state index in [4.69, 9.17) is 5.10 Å². The highest BCUT2D eigenvalue weighted by atomic mass is 32.2. The molecule has 0 amide bonds. The van der Waals surface area contributed by atoms with E-state index in [1.54, 1.807) is 16.8 Å². The monoisotopic (exact) mass is 454 g/mol. The van der Waals surface area contributed by atoms with Gasteiger partial charge in [-0.3, -0.25) is 4.68 Å². The van der Waals surface area contributed by atoms with E-state index < -0.39 is 0 Å². The van der Waals surface area contributed by atoms with Gasteiger partial charge < -0.3 is 5.11 Å². The first-order valence-corrected chi connectivity index (χ1v) is 11.7. The van der Waals surface area contributed by atoms with Gasteiger partial charge in [0.1, 0.15) is 12.1 Å². The lowest BCUT2D eigenvalue weighted by Crippen LogP contribution is -2.21. The van der Waals surface area contributed by atoms with E-state index in [1.165, 1.54) is 11.8 Å². The number of benzene rings is 1. The molecule has 1 aliphatic rings. The summed E-state index contributed by atoms with van der Waals surface area (Å²) in [6.07, 6.45) is 8.80. The van der Waals surface area contributed by atoms with Crippen LogP contribution in [-0.2, 0) is 0 Å². The summed E-state index contributed by atoms with van der Waals surface area (Å²) in [6.45, 7) is 2.00. The van der Waals surface area contributed by atoms with Gasteiger partial charge in [-0.1, -0.05) is 23.9 Å². The normalized spacial score (nSPS) is 18.2. The molecule has 0 atom stereocenters. The van der Waals surface area contributed by atoms with E-state index >= 15 is 0 Å². The fourth-order valence-corrected chi connectivity index (χ4v) is 5.53. The molecule has 5 rings (SSSR count). The molecule has 0 saturated heterocycles. The second kappa shape index (κ2) is 8.74. The number of hydrogen-bond donors (Lipinski definition) is 1. The Bertz CT molecular complexity index is 1420. The maximum Gasteiger partial charge on any atom is 0.103 e. The van der Waals surface area contributed by atoms with Gasteiger partial charge in [-0.25, -0.2) is 4.52 Å². The van der Waals surface area contributed by atoms with E-state index in [0.717, 1.165) is 57.8 Å². The van der Waals surface area contributed by atoms with Crippen LogP contribution in [0.3, 0.4) is 0 Å². The van der Waals surface area contributed by atoms with Crippen molar-refractivity contribution >= 4 is 17.3 Å². The number of aromatic nitrogens is 4. The molecule has 0 radical (unpaired) electrons. The van der Waals surface area contributed by atoms with Gasteiger partial charge >= 0.3 is 0 Å². The topological polar surface area (TPSA) is 103 Å². The molecule has 0 spiro atoms. The highest BCUT2D eigenvalue weighted by Crippen LogP contribution is 2.38. The SMILES string of the molecule is Cc1nn([C@H]2CC[C@H](O)CC2)cc1-c1cc(Sc2ccccc2C#N)c2c(C#N)cnn2c1. The highest BCUT2D eigenvalue weighted by molar-refractivity contribution is 7.99. The smallest absolute Gasteiger partial charge is 0.103 e.